The number of hydrogen-bond donors (Lipinski definition) is 1. The van der Waals surface area contributed by atoms with E-state index < -0.39 is 11.9 Å². The lowest BCUT2D eigenvalue weighted by Gasteiger charge is -2.16. The fraction of sp³-hybridized carbons (Fsp3) is 0.250. The molecule has 33 heavy (non-hydrogen) atoms. The molecule has 0 amide bonds. The maximum absolute atomic E-state index is 12.6. The fourth-order valence-corrected chi connectivity index (χ4v) is 3.58. The Morgan fingerprint density at radius 2 is 1.79 bits per heavy atom. The summed E-state index contributed by atoms with van der Waals surface area (Å²) in [5.74, 6) is -0.647. The van der Waals surface area contributed by atoms with Crippen molar-refractivity contribution >= 4 is 40.1 Å². The van der Waals surface area contributed by atoms with Crippen molar-refractivity contribution in [1.82, 2.24) is 4.98 Å². The highest BCUT2D eigenvalue weighted by atomic mass is 35.5. The quantitative estimate of drug-likeness (QED) is 0.473. The molecule has 1 aromatic heterocycles. The summed E-state index contributed by atoms with van der Waals surface area (Å²) in [6.45, 7) is 4.03. The van der Waals surface area contributed by atoms with Crippen molar-refractivity contribution in [2.45, 2.75) is 20.4 Å². The van der Waals surface area contributed by atoms with Crippen LogP contribution in [0.15, 0.2) is 36.5 Å². The first-order valence-corrected chi connectivity index (χ1v) is 10.6. The van der Waals surface area contributed by atoms with Gasteiger partial charge in [0.2, 0.25) is 0 Å². The molecule has 8 nitrogen and oxygen atoms in total. The van der Waals surface area contributed by atoms with Crippen molar-refractivity contribution in [2.75, 3.05) is 25.6 Å². The van der Waals surface area contributed by atoms with Crippen molar-refractivity contribution in [3.8, 4) is 11.8 Å². The Labute approximate surface area is 196 Å². The van der Waals surface area contributed by atoms with Crippen LogP contribution in [0.5, 0.6) is 5.75 Å². The van der Waals surface area contributed by atoms with Crippen LogP contribution in [0, 0.1) is 11.3 Å². The molecule has 0 aliphatic carbocycles. The molecule has 0 radical (unpaired) electrons. The second-order valence-electron chi connectivity index (χ2n) is 6.84. The third kappa shape index (κ3) is 5.16. The van der Waals surface area contributed by atoms with Crippen LogP contribution in [0.1, 0.15) is 45.7 Å². The Kier molecular flexibility index (Phi) is 7.70. The van der Waals surface area contributed by atoms with E-state index in [4.69, 9.17) is 25.8 Å². The summed E-state index contributed by atoms with van der Waals surface area (Å²) in [7, 11) is 1.53. The Bertz CT molecular complexity index is 1250. The average molecular weight is 468 g/mol. The molecule has 0 aliphatic heterocycles. The lowest BCUT2D eigenvalue weighted by Crippen LogP contribution is -2.13. The minimum Gasteiger partial charge on any atom is -0.495 e. The predicted octanol–water partition coefficient (Wildman–Crippen LogP) is 4.73. The van der Waals surface area contributed by atoms with Crippen LogP contribution in [0.2, 0.25) is 5.02 Å². The number of carbonyl (C=O) groups excluding carboxylic acids is 2. The zero-order valence-electron chi connectivity index (χ0n) is 18.4. The molecule has 0 aliphatic rings. The third-order valence-corrected chi connectivity index (χ3v) is 5.07. The van der Waals surface area contributed by atoms with E-state index in [0.29, 0.717) is 33.9 Å². The number of carbonyl (C=O) groups is 2. The zero-order chi connectivity index (χ0) is 24.0. The van der Waals surface area contributed by atoms with Gasteiger partial charge >= 0.3 is 11.9 Å². The van der Waals surface area contributed by atoms with Crippen molar-refractivity contribution < 1.29 is 23.8 Å². The number of nitrogens with zero attached hydrogens (tertiary/aromatic N) is 2. The van der Waals surface area contributed by atoms with E-state index in [-0.39, 0.29) is 29.9 Å². The number of fused-ring (bicyclic) bond motifs is 1. The van der Waals surface area contributed by atoms with Gasteiger partial charge < -0.3 is 19.5 Å². The topological polar surface area (TPSA) is 111 Å². The van der Waals surface area contributed by atoms with Crippen LogP contribution in [0.25, 0.3) is 10.9 Å². The van der Waals surface area contributed by atoms with E-state index in [2.05, 4.69) is 10.3 Å². The summed E-state index contributed by atoms with van der Waals surface area (Å²) in [6.07, 6.45) is 1.35. The molecule has 1 heterocycles. The standard InChI is InChI=1S/C24H22ClN3O5/c1-4-32-23(29)17-9-15(11-26)8-16-21(17)28-13-18(24(30)33-5-2)22(16)27-12-14-6-7-20(31-3)19(25)10-14/h6-10,13H,4-5,12H2,1-3H3,(H,27,28). The van der Waals surface area contributed by atoms with Crippen LogP contribution in [-0.4, -0.2) is 37.2 Å². The van der Waals surface area contributed by atoms with Gasteiger partial charge in [0, 0.05) is 18.1 Å². The number of anilines is 1. The summed E-state index contributed by atoms with van der Waals surface area (Å²) in [4.78, 5) is 29.5. The van der Waals surface area contributed by atoms with Gasteiger partial charge in [-0.15, -0.1) is 0 Å². The normalized spacial score (nSPS) is 10.4. The number of aromatic nitrogens is 1. The van der Waals surface area contributed by atoms with Gasteiger partial charge in [-0.2, -0.15) is 5.26 Å². The van der Waals surface area contributed by atoms with E-state index in [0.717, 1.165) is 5.56 Å². The number of nitriles is 1. The van der Waals surface area contributed by atoms with Gasteiger partial charge in [-0.25, -0.2) is 9.59 Å². The molecule has 0 unspecified atom stereocenters. The molecule has 9 heteroatoms. The summed E-state index contributed by atoms with van der Waals surface area (Å²) in [5.41, 5.74) is 2.04. The van der Waals surface area contributed by atoms with Crippen LogP contribution in [0.3, 0.4) is 0 Å². The molecule has 170 valence electrons. The SMILES string of the molecule is CCOC(=O)c1cnc2c(C(=O)OCC)cc(C#N)cc2c1NCc1ccc(OC)c(Cl)c1. The molecule has 0 saturated carbocycles. The van der Waals surface area contributed by atoms with Gasteiger partial charge in [-0.1, -0.05) is 17.7 Å². The molecule has 1 N–H and O–H groups in total. The number of methoxy groups -OCH3 is 1. The van der Waals surface area contributed by atoms with Gasteiger partial charge in [-0.05, 0) is 43.7 Å². The Morgan fingerprint density at radius 3 is 2.39 bits per heavy atom. The van der Waals surface area contributed by atoms with Crippen molar-refractivity contribution in [3.63, 3.8) is 0 Å². The van der Waals surface area contributed by atoms with Crippen LogP contribution in [0.4, 0.5) is 5.69 Å². The van der Waals surface area contributed by atoms with Gasteiger partial charge in [0.15, 0.2) is 0 Å². The molecule has 2 aromatic carbocycles. The Morgan fingerprint density at radius 1 is 1.09 bits per heavy atom. The molecule has 0 saturated heterocycles. The number of ether oxygens (including phenoxy) is 3. The highest BCUT2D eigenvalue weighted by Crippen LogP contribution is 2.32. The predicted molar refractivity (Wildman–Crippen MR) is 124 cm³/mol. The molecule has 3 aromatic rings. The maximum atomic E-state index is 12.6. The van der Waals surface area contributed by atoms with Crippen molar-refractivity contribution in [3.05, 3.63) is 63.8 Å². The molecule has 0 spiro atoms. The van der Waals surface area contributed by atoms with E-state index >= 15 is 0 Å². The van der Waals surface area contributed by atoms with Gasteiger partial charge in [0.25, 0.3) is 0 Å². The number of rotatable bonds is 8. The first kappa shape index (κ1) is 23.8. The maximum Gasteiger partial charge on any atom is 0.341 e. The molecule has 0 fully saturated rings. The van der Waals surface area contributed by atoms with Crippen LogP contribution in [-0.2, 0) is 16.0 Å². The highest BCUT2D eigenvalue weighted by Gasteiger charge is 2.22. The van der Waals surface area contributed by atoms with Crippen LogP contribution < -0.4 is 10.1 Å². The van der Waals surface area contributed by atoms with Gasteiger partial charge in [0.1, 0.15) is 11.3 Å². The van der Waals surface area contributed by atoms with Crippen LogP contribution >= 0.6 is 11.6 Å². The Hall–Kier alpha value is -3.83. The second-order valence-corrected chi connectivity index (χ2v) is 7.25. The molecule has 0 atom stereocenters. The second kappa shape index (κ2) is 10.7. The molecule has 0 bridgehead atoms. The van der Waals surface area contributed by atoms with E-state index in [9.17, 15) is 14.9 Å². The third-order valence-electron chi connectivity index (χ3n) is 4.78. The average Bonchev–Trinajstić information content (AvgIpc) is 2.81. The highest BCUT2D eigenvalue weighted by molar-refractivity contribution is 6.32. The summed E-state index contributed by atoms with van der Waals surface area (Å²) < 4.78 is 15.5. The lowest BCUT2D eigenvalue weighted by atomic mass is 10.0. The smallest absolute Gasteiger partial charge is 0.341 e. The minimum absolute atomic E-state index is 0.136. The largest absolute Gasteiger partial charge is 0.495 e. The number of esters is 2. The summed E-state index contributed by atoms with van der Waals surface area (Å²) >= 11 is 6.23. The number of benzene rings is 2. The molecular weight excluding hydrogens is 446 g/mol. The minimum atomic E-state index is -0.608. The number of pyridine rings is 1. The first-order chi connectivity index (χ1) is 15.9. The molecular formula is C24H22ClN3O5. The lowest BCUT2D eigenvalue weighted by molar-refractivity contribution is 0.0519. The monoisotopic (exact) mass is 467 g/mol. The van der Waals surface area contributed by atoms with Gasteiger partial charge in [-0.3, -0.25) is 4.98 Å². The van der Waals surface area contributed by atoms with E-state index in [1.54, 1.807) is 32.0 Å². The summed E-state index contributed by atoms with van der Waals surface area (Å²) in [6, 6.07) is 10.3. The number of nitrogens with one attached hydrogen (secondary N) is 1. The number of halogens is 1. The van der Waals surface area contributed by atoms with Gasteiger partial charge in [0.05, 0.1) is 53.7 Å². The summed E-state index contributed by atoms with van der Waals surface area (Å²) in [5, 5.41) is 13.6. The molecule has 3 rings (SSSR count). The number of hydrogen-bond acceptors (Lipinski definition) is 8. The van der Waals surface area contributed by atoms with E-state index in [1.165, 1.54) is 19.4 Å². The first-order valence-electron chi connectivity index (χ1n) is 10.2. The Balaban J connectivity index is 2.15. The van der Waals surface area contributed by atoms with E-state index in [1.807, 2.05) is 12.1 Å². The van der Waals surface area contributed by atoms with Crippen molar-refractivity contribution in [1.29, 1.82) is 5.26 Å². The zero-order valence-corrected chi connectivity index (χ0v) is 19.2. The van der Waals surface area contributed by atoms with Crippen molar-refractivity contribution in [2.24, 2.45) is 0 Å². The fourth-order valence-electron chi connectivity index (χ4n) is 3.30.